The third-order valence-electron chi connectivity index (χ3n) is 4.89. The Bertz CT molecular complexity index is 820. The van der Waals surface area contributed by atoms with E-state index in [2.05, 4.69) is 10.3 Å². The lowest BCUT2D eigenvalue weighted by Gasteiger charge is -2.25. The van der Waals surface area contributed by atoms with Gasteiger partial charge in [0.05, 0.1) is 19.2 Å². The van der Waals surface area contributed by atoms with Gasteiger partial charge in [0.25, 0.3) is 5.91 Å². The molecule has 0 aliphatic carbocycles. The zero-order valence-corrected chi connectivity index (χ0v) is 17.4. The third kappa shape index (κ3) is 5.69. The number of carbonyl (C=O) groups excluding carboxylic acids is 2. The molecule has 1 aliphatic heterocycles. The van der Waals surface area contributed by atoms with Crippen LogP contribution in [0.4, 0.5) is 0 Å². The van der Waals surface area contributed by atoms with Crippen molar-refractivity contribution in [3.8, 4) is 0 Å². The molecule has 0 bridgehead atoms. The summed E-state index contributed by atoms with van der Waals surface area (Å²) < 4.78 is 13.2. The van der Waals surface area contributed by atoms with Gasteiger partial charge in [-0.3, -0.25) is 9.59 Å². The highest BCUT2D eigenvalue weighted by Crippen LogP contribution is 2.17. The number of amides is 2. The van der Waals surface area contributed by atoms with E-state index in [1.54, 1.807) is 0 Å². The molecule has 2 aromatic heterocycles. The van der Waals surface area contributed by atoms with Gasteiger partial charge >= 0.3 is 0 Å². The second-order valence-corrected chi connectivity index (χ2v) is 7.64. The highest BCUT2D eigenvalue weighted by Gasteiger charge is 2.23. The van der Waals surface area contributed by atoms with Crippen LogP contribution in [0.1, 0.15) is 62.1 Å². The van der Waals surface area contributed by atoms with Crippen molar-refractivity contribution in [2.45, 2.75) is 65.3 Å². The summed E-state index contributed by atoms with van der Waals surface area (Å²) in [6.45, 7) is 7.94. The lowest BCUT2D eigenvalue weighted by molar-refractivity contribution is -0.133. The Labute approximate surface area is 171 Å². The van der Waals surface area contributed by atoms with E-state index in [-0.39, 0.29) is 29.7 Å². The van der Waals surface area contributed by atoms with Gasteiger partial charge in [-0.2, -0.15) is 0 Å². The molecule has 2 amide bonds. The minimum Gasteiger partial charge on any atom is -0.446 e. The fourth-order valence-corrected chi connectivity index (χ4v) is 3.42. The van der Waals surface area contributed by atoms with E-state index >= 15 is 0 Å². The summed E-state index contributed by atoms with van der Waals surface area (Å²) in [6, 6.07) is 3.95. The lowest BCUT2D eigenvalue weighted by Crippen LogP contribution is -2.37. The van der Waals surface area contributed by atoms with E-state index in [9.17, 15) is 9.59 Å². The van der Waals surface area contributed by atoms with Gasteiger partial charge in [-0.05, 0) is 38.8 Å². The molecule has 1 atom stereocenters. The van der Waals surface area contributed by atoms with Gasteiger partial charge in [-0.25, -0.2) is 4.98 Å². The highest BCUT2D eigenvalue weighted by molar-refractivity contribution is 5.92. The molecule has 8 nitrogen and oxygen atoms in total. The first-order valence-electron chi connectivity index (χ1n) is 10.2. The first-order chi connectivity index (χ1) is 14.0. The largest absolute Gasteiger partial charge is 0.446 e. The number of hydrogen-bond donors (Lipinski definition) is 1. The zero-order valence-electron chi connectivity index (χ0n) is 17.4. The second kappa shape index (κ2) is 9.73. The Kier molecular flexibility index (Phi) is 7.09. The van der Waals surface area contributed by atoms with Crippen molar-refractivity contribution in [3.63, 3.8) is 0 Å². The molecule has 1 N–H and O–H groups in total. The molecule has 8 heteroatoms. The van der Waals surface area contributed by atoms with Crippen LogP contribution in [0.25, 0.3) is 0 Å². The summed E-state index contributed by atoms with van der Waals surface area (Å²) >= 11 is 0. The maximum atomic E-state index is 12.4. The van der Waals surface area contributed by atoms with E-state index in [0.717, 1.165) is 25.1 Å². The molecular weight excluding hydrogens is 372 g/mol. The van der Waals surface area contributed by atoms with Crippen molar-refractivity contribution in [1.29, 1.82) is 0 Å². The number of oxazole rings is 1. The quantitative estimate of drug-likeness (QED) is 0.696. The highest BCUT2D eigenvalue weighted by atomic mass is 16.5. The van der Waals surface area contributed by atoms with Gasteiger partial charge < -0.3 is 23.9 Å². The maximum absolute atomic E-state index is 12.4. The normalized spacial score (nSPS) is 16.3. The topological polar surface area (TPSA) is 89.6 Å². The molecule has 0 spiro atoms. The monoisotopic (exact) mass is 402 g/mol. The zero-order chi connectivity index (χ0) is 20.8. The molecule has 2 aromatic rings. The number of nitrogens with one attached hydrogen (secondary N) is 1. The minimum atomic E-state index is -0.251. The molecule has 0 aromatic carbocycles. The smallest absolute Gasteiger partial charge is 0.273 e. The predicted octanol–water partition coefficient (Wildman–Crippen LogP) is 2.58. The van der Waals surface area contributed by atoms with Crippen LogP contribution in [0.3, 0.4) is 0 Å². The molecule has 3 rings (SSSR count). The minimum absolute atomic E-state index is 0.0321. The molecule has 1 fully saturated rings. The van der Waals surface area contributed by atoms with Crippen LogP contribution in [0.2, 0.25) is 0 Å². The van der Waals surface area contributed by atoms with Crippen LogP contribution in [0, 0.1) is 0 Å². The van der Waals surface area contributed by atoms with E-state index in [1.165, 1.54) is 6.26 Å². The SMILES string of the molecule is CCC(=O)N(Cc1cccn1Cc1nc(C(=O)NC(C)C)co1)C[C@H]1CCCO1. The van der Waals surface area contributed by atoms with Crippen LogP contribution in [-0.2, 0) is 22.6 Å². The van der Waals surface area contributed by atoms with Crippen LogP contribution in [0.5, 0.6) is 0 Å². The lowest BCUT2D eigenvalue weighted by atomic mass is 10.2. The molecule has 0 saturated carbocycles. The van der Waals surface area contributed by atoms with E-state index in [0.29, 0.717) is 31.9 Å². The number of carbonyl (C=O) groups is 2. The average molecular weight is 402 g/mol. The summed E-state index contributed by atoms with van der Waals surface area (Å²) in [6.07, 6.45) is 5.91. The van der Waals surface area contributed by atoms with Crippen molar-refractivity contribution < 1.29 is 18.7 Å². The van der Waals surface area contributed by atoms with Gasteiger partial charge in [0.2, 0.25) is 11.8 Å². The number of hydrogen-bond acceptors (Lipinski definition) is 5. The average Bonchev–Trinajstić information content (AvgIpc) is 3.43. The second-order valence-electron chi connectivity index (χ2n) is 7.64. The fourth-order valence-electron chi connectivity index (χ4n) is 3.42. The van der Waals surface area contributed by atoms with Gasteiger partial charge in [-0.1, -0.05) is 6.92 Å². The number of rotatable bonds is 9. The molecule has 1 aliphatic rings. The van der Waals surface area contributed by atoms with Crippen molar-refractivity contribution >= 4 is 11.8 Å². The first kappa shape index (κ1) is 21.1. The fraction of sp³-hybridized carbons (Fsp3) is 0.571. The van der Waals surface area contributed by atoms with Gasteiger partial charge in [0.15, 0.2) is 5.69 Å². The summed E-state index contributed by atoms with van der Waals surface area (Å²) in [4.78, 5) is 30.7. The van der Waals surface area contributed by atoms with Gasteiger partial charge in [-0.15, -0.1) is 0 Å². The first-order valence-corrected chi connectivity index (χ1v) is 10.2. The Morgan fingerprint density at radius 3 is 2.93 bits per heavy atom. The maximum Gasteiger partial charge on any atom is 0.273 e. The van der Waals surface area contributed by atoms with Crippen molar-refractivity contribution in [3.05, 3.63) is 41.9 Å². The van der Waals surface area contributed by atoms with Crippen LogP contribution >= 0.6 is 0 Å². The summed E-state index contributed by atoms with van der Waals surface area (Å²) in [5.74, 6) is 0.305. The van der Waals surface area contributed by atoms with Crippen LogP contribution < -0.4 is 5.32 Å². The number of nitrogens with zero attached hydrogens (tertiary/aromatic N) is 3. The third-order valence-corrected chi connectivity index (χ3v) is 4.89. The Morgan fingerprint density at radius 2 is 2.24 bits per heavy atom. The molecule has 158 valence electrons. The van der Waals surface area contributed by atoms with Gasteiger partial charge in [0, 0.05) is 37.5 Å². The van der Waals surface area contributed by atoms with E-state index < -0.39 is 0 Å². The number of aromatic nitrogens is 2. The van der Waals surface area contributed by atoms with E-state index in [1.807, 2.05) is 48.6 Å². The van der Waals surface area contributed by atoms with Crippen molar-refractivity contribution in [2.24, 2.45) is 0 Å². The Balaban J connectivity index is 1.67. The van der Waals surface area contributed by atoms with Gasteiger partial charge in [0.1, 0.15) is 6.26 Å². The standard InChI is InChI=1S/C21H30N4O4/c1-4-20(26)25(12-17-8-6-10-28-17)11-16-7-5-9-24(16)13-19-23-18(14-29-19)21(27)22-15(2)3/h5,7,9,14-15,17H,4,6,8,10-13H2,1-3H3,(H,22,27)/t17-/m1/s1. The Hall–Kier alpha value is -2.61. The molecule has 1 saturated heterocycles. The molecule has 3 heterocycles. The van der Waals surface area contributed by atoms with E-state index in [4.69, 9.17) is 9.15 Å². The Morgan fingerprint density at radius 1 is 1.41 bits per heavy atom. The van der Waals surface area contributed by atoms with Crippen molar-refractivity contribution in [2.75, 3.05) is 13.2 Å². The molecule has 29 heavy (non-hydrogen) atoms. The van der Waals surface area contributed by atoms with Crippen LogP contribution in [-0.4, -0.2) is 51.6 Å². The summed E-state index contributed by atoms with van der Waals surface area (Å²) in [7, 11) is 0. The van der Waals surface area contributed by atoms with Crippen LogP contribution in [0.15, 0.2) is 29.0 Å². The molecular formula is C21H30N4O4. The molecule has 0 radical (unpaired) electrons. The predicted molar refractivity (Wildman–Crippen MR) is 107 cm³/mol. The van der Waals surface area contributed by atoms with Crippen molar-refractivity contribution in [1.82, 2.24) is 19.8 Å². The summed E-state index contributed by atoms with van der Waals surface area (Å²) in [5, 5.41) is 2.80. The number of ether oxygens (including phenoxy) is 1. The molecule has 0 unspecified atom stereocenters. The summed E-state index contributed by atoms with van der Waals surface area (Å²) in [5.41, 5.74) is 1.25.